The molecule has 2 saturated carbocycles. The second-order valence-corrected chi connectivity index (χ2v) is 9.36. The molecule has 154 valence electrons. The maximum Gasteiger partial charge on any atom is 0.232 e. The summed E-state index contributed by atoms with van der Waals surface area (Å²) in [6.07, 6.45) is 12.8. The summed E-state index contributed by atoms with van der Waals surface area (Å²) in [5, 5.41) is 20.6. The van der Waals surface area contributed by atoms with Crippen LogP contribution in [0.25, 0.3) is 0 Å². The number of hydrogen-bond acceptors (Lipinski definition) is 4. The van der Waals surface area contributed by atoms with Crippen molar-refractivity contribution in [3.05, 3.63) is 23.8 Å². The van der Waals surface area contributed by atoms with Crippen LogP contribution in [0, 0.1) is 17.8 Å². The van der Waals surface area contributed by atoms with Crippen LogP contribution in [0.1, 0.15) is 51.9 Å². The molecule has 1 amide bonds. The van der Waals surface area contributed by atoms with Crippen LogP contribution < -0.4 is 0 Å². The Hall–Kier alpha value is -0.780. The summed E-state index contributed by atoms with van der Waals surface area (Å²) < 4.78 is 0. The molecule has 0 bridgehead atoms. The molecule has 5 heteroatoms. The standard InChI is InChI=1S/C22H37NO3S/c1-4-5-6-7-18(24)8-9-19-20-13-16(12-17(20)14-21(19)25)10-11-27-15-22(26)23(2)3/h8-10,17-21,24-25H,4-7,11-15H2,1-3H3/b9-8+,16-10?/t17-,18-,19+,20-,21+/m0/s1. The van der Waals surface area contributed by atoms with Crippen molar-refractivity contribution in [1.82, 2.24) is 4.90 Å². The highest BCUT2D eigenvalue weighted by atomic mass is 32.2. The third-order valence-corrected chi connectivity index (χ3v) is 6.84. The van der Waals surface area contributed by atoms with Gasteiger partial charge in [-0.05, 0) is 37.5 Å². The number of allylic oxidation sites excluding steroid dienone is 1. The minimum absolute atomic E-state index is 0.160. The molecule has 0 spiro atoms. The van der Waals surface area contributed by atoms with E-state index in [4.69, 9.17) is 0 Å². The third-order valence-electron chi connectivity index (χ3n) is 5.98. The minimum atomic E-state index is -0.384. The molecule has 2 aliphatic rings. The molecule has 0 unspecified atom stereocenters. The van der Waals surface area contributed by atoms with Crippen molar-refractivity contribution in [2.75, 3.05) is 25.6 Å². The maximum absolute atomic E-state index is 11.6. The molecule has 0 aliphatic heterocycles. The number of amides is 1. The maximum atomic E-state index is 11.6. The van der Waals surface area contributed by atoms with Gasteiger partial charge in [-0.1, -0.05) is 50.0 Å². The van der Waals surface area contributed by atoms with Gasteiger partial charge in [0.05, 0.1) is 18.0 Å². The molecule has 0 aromatic carbocycles. The summed E-state index contributed by atoms with van der Waals surface area (Å²) in [6, 6.07) is 0. The Morgan fingerprint density at radius 3 is 2.81 bits per heavy atom. The first-order valence-electron chi connectivity index (χ1n) is 10.4. The molecule has 2 fully saturated rings. The lowest BCUT2D eigenvalue weighted by Crippen LogP contribution is -2.23. The van der Waals surface area contributed by atoms with Crippen molar-refractivity contribution in [1.29, 1.82) is 0 Å². The summed E-state index contributed by atoms with van der Waals surface area (Å²) in [7, 11) is 3.58. The van der Waals surface area contributed by atoms with Crippen LogP contribution in [-0.2, 0) is 4.79 Å². The number of nitrogens with zero attached hydrogens (tertiary/aromatic N) is 1. The molecule has 4 nitrogen and oxygen atoms in total. The summed E-state index contributed by atoms with van der Waals surface area (Å²) in [4.78, 5) is 13.3. The van der Waals surface area contributed by atoms with Crippen LogP contribution in [0.5, 0.6) is 0 Å². The molecule has 5 atom stereocenters. The van der Waals surface area contributed by atoms with Gasteiger partial charge < -0.3 is 15.1 Å². The first-order valence-corrected chi connectivity index (χ1v) is 11.6. The molecule has 0 radical (unpaired) electrons. The van der Waals surface area contributed by atoms with E-state index in [0.29, 0.717) is 17.6 Å². The quantitative estimate of drug-likeness (QED) is 0.438. The van der Waals surface area contributed by atoms with Crippen LogP contribution in [0.3, 0.4) is 0 Å². The molecule has 0 heterocycles. The Morgan fingerprint density at radius 2 is 2.11 bits per heavy atom. The minimum Gasteiger partial charge on any atom is -0.392 e. The molecular weight excluding hydrogens is 358 g/mol. The summed E-state index contributed by atoms with van der Waals surface area (Å²) in [6.45, 7) is 2.17. The summed E-state index contributed by atoms with van der Waals surface area (Å²) in [5.41, 5.74) is 1.48. The SMILES string of the molecule is CCCCC[C@H](O)/C=C/[C@@H]1[C@H]2CC(=CCSCC(=O)N(C)C)C[C@H]2C[C@H]1O. The van der Waals surface area contributed by atoms with E-state index in [0.717, 1.165) is 50.7 Å². The van der Waals surface area contributed by atoms with Gasteiger partial charge in [-0.3, -0.25) is 4.79 Å². The van der Waals surface area contributed by atoms with E-state index in [-0.39, 0.29) is 24.0 Å². The average Bonchev–Trinajstić information content (AvgIpc) is 3.13. The Labute approximate surface area is 169 Å². The normalized spacial score (nSPS) is 30.2. The number of fused-ring (bicyclic) bond motifs is 1. The van der Waals surface area contributed by atoms with Crippen LogP contribution >= 0.6 is 11.8 Å². The smallest absolute Gasteiger partial charge is 0.232 e. The predicted octanol–water partition coefficient (Wildman–Crippen LogP) is 3.64. The predicted molar refractivity (Wildman–Crippen MR) is 114 cm³/mol. The molecule has 0 aromatic heterocycles. The molecule has 0 aromatic rings. The van der Waals surface area contributed by atoms with Crippen molar-refractivity contribution >= 4 is 17.7 Å². The Bertz CT molecular complexity index is 532. The topological polar surface area (TPSA) is 60.8 Å². The third kappa shape index (κ3) is 6.95. The van der Waals surface area contributed by atoms with Crippen LogP contribution in [0.15, 0.2) is 23.8 Å². The number of aliphatic hydroxyl groups excluding tert-OH is 2. The Morgan fingerprint density at radius 1 is 1.33 bits per heavy atom. The van der Waals surface area contributed by atoms with Crippen molar-refractivity contribution in [3.63, 3.8) is 0 Å². The monoisotopic (exact) mass is 395 g/mol. The fourth-order valence-electron chi connectivity index (χ4n) is 4.35. The van der Waals surface area contributed by atoms with E-state index in [9.17, 15) is 15.0 Å². The lowest BCUT2D eigenvalue weighted by Gasteiger charge is -2.17. The fraction of sp³-hybridized carbons (Fsp3) is 0.773. The van der Waals surface area contributed by atoms with Crippen LogP contribution in [0.2, 0.25) is 0 Å². The van der Waals surface area contributed by atoms with E-state index < -0.39 is 0 Å². The second-order valence-electron chi connectivity index (χ2n) is 8.33. The molecule has 2 aliphatic carbocycles. The first-order chi connectivity index (χ1) is 12.9. The van der Waals surface area contributed by atoms with Crippen LogP contribution in [0.4, 0.5) is 0 Å². The Balaban J connectivity index is 1.80. The van der Waals surface area contributed by atoms with Crippen molar-refractivity contribution in [2.45, 2.75) is 64.1 Å². The van der Waals surface area contributed by atoms with Gasteiger partial charge in [0.15, 0.2) is 0 Å². The average molecular weight is 396 g/mol. The van der Waals surface area contributed by atoms with Gasteiger partial charge >= 0.3 is 0 Å². The number of hydrogen-bond donors (Lipinski definition) is 2. The van der Waals surface area contributed by atoms with Gasteiger partial charge in [0.1, 0.15) is 0 Å². The molecule has 0 saturated heterocycles. The summed E-state index contributed by atoms with van der Waals surface area (Å²) >= 11 is 1.67. The van der Waals surface area contributed by atoms with Crippen LogP contribution in [-0.4, -0.2) is 58.8 Å². The molecule has 27 heavy (non-hydrogen) atoms. The van der Waals surface area contributed by atoms with Crippen molar-refractivity contribution < 1.29 is 15.0 Å². The zero-order valence-electron chi connectivity index (χ0n) is 17.1. The fourth-order valence-corrected chi connectivity index (χ4v) is 5.25. The van der Waals surface area contributed by atoms with E-state index in [1.807, 2.05) is 6.08 Å². The lowest BCUT2D eigenvalue weighted by atomic mass is 9.90. The highest BCUT2D eigenvalue weighted by molar-refractivity contribution is 8.00. The lowest BCUT2D eigenvalue weighted by molar-refractivity contribution is -0.125. The van der Waals surface area contributed by atoms with E-state index in [2.05, 4.69) is 19.1 Å². The second kappa shape index (κ2) is 11.3. The zero-order valence-corrected chi connectivity index (χ0v) is 18.0. The largest absolute Gasteiger partial charge is 0.392 e. The number of carbonyl (C=O) groups excluding carboxylic acids is 1. The number of aliphatic hydroxyl groups is 2. The van der Waals surface area contributed by atoms with Gasteiger partial charge in [-0.25, -0.2) is 0 Å². The van der Waals surface area contributed by atoms with Gasteiger partial charge in [0.25, 0.3) is 0 Å². The van der Waals surface area contributed by atoms with Crippen molar-refractivity contribution in [3.8, 4) is 0 Å². The summed E-state index contributed by atoms with van der Waals surface area (Å²) in [5.74, 6) is 2.81. The van der Waals surface area contributed by atoms with E-state index in [1.54, 1.807) is 30.8 Å². The number of thioether (sulfide) groups is 1. The number of unbranched alkanes of at least 4 members (excludes halogenated alkanes) is 2. The van der Waals surface area contributed by atoms with E-state index >= 15 is 0 Å². The van der Waals surface area contributed by atoms with E-state index in [1.165, 1.54) is 5.57 Å². The Kier molecular flexibility index (Phi) is 9.40. The van der Waals surface area contributed by atoms with Gasteiger partial charge in [0, 0.05) is 25.8 Å². The molecular formula is C22H37NO3S. The van der Waals surface area contributed by atoms with Crippen molar-refractivity contribution in [2.24, 2.45) is 17.8 Å². The zero-order chi connectivity index (χ0) is 19.8. The van der Waals surface area contributed by atoms with Gasteiger partial charge in [-0.15, -0.1) is 11.8 Å². The molecule has 2 N–H and O–H groups in total. The first kappa shape index (κ1) is 22.5. The van der Waals surface area contributed by atoms with Gasteiger partial charge in [0.2, 0.25) is 5.91 Å². The number of carbonyl (C=O) groups is 1. The number of rotatable bonds is 10. The van der Waals surface area contributed by atoms with Gasteiger partial charge in [-0.2, -0.15) is 0 Å². The molecule has 2 rings (SSSR count). The highest BCUT2D eigenvalue weighted by Gasteiger charge is 2.44. The highest BCUT2D eigenvalue weighted by Crippen LogP contribution is 2.50.